The Balaban J connectivity index is 2.23. The second kappa shape index (κ2) is 7.11. The van der Waals surface area contributed by atoms with Crippen molar-refractivity contribution in [3.8, 4) is 0 Å². The van der Waals surface area contributed by atoms with Crippen LogP contribution in [0, 0.1) is 5.41 Å². The fourth-order valence-corrected chi connectivity index (χ4v) is 3.63. The number of hydrogen-bond donors (Lipinski definition) is 2. The third-order valence-electron chi connectivity index (χ3n) is 4.97. The van der Waals surface area contributed by atoms with Crippen LogP contribution in [0.4, 0.5) is 0 Å². The molecular formula is C15H27N3O3. The van der Waals surface area contributed by atoms with Crippen molar-refractivity contribution in [2.45, 2.75) is 57.9 Å². The minimum atomic E-state index is -0.888. The van der Waals surface area contributed by atoms with E-state index in [1.54, 1.807) is 0 Å². The van der Waals surface area contributed by atoms with Gasteiger partial charge in [-0.25, -0.2) is 0 Å². The van der Waals surface area contributed by atoms with E-state index in [-0.39, 0.29) is 11.7 Å². The highest BCUT2D eigenvalue weighted by atomic mass is 16.5. The van der Waals surface area contributed by atoms with Crippen molar-refractivity contribution in [2.24, 2.45) is 16.3 Å². The smallest absolute Gasteiger partial charge is 0.236 e. The Morgan fingerprint density at radius 3 is 2.48 bits per heavy atom. The van der Waals surface area contributed by atoms with Gasteiger partial charge in [0, 0.05) is 25.8 Å². The van der Waals surface area contributed by atoms with Crippen LogP contribution in [0.3, 0.4) is 0 Å². The van der Waals surface area contributed by atoms with Gasteiger partial charge >= 0.3 is 0 Å². The Bertz CT molecular complexity index is 386. The summed E-state index contributed by atoms with van der Waals surface area (Å²) in [6.07, 6.45) is 6.70. The molecule has 0 aromatic rings. The van der Waals surface area contributed by atoms with Crippen molar-refractivity contribution >= 4 is 11.7 Å². The van der Waals surface area contributed by atoms with Crippen LogP contribution < -0.4 is 5.73 Å². The molecule has 1 aliphatic carbocycles. The highest BCUT2D eigenvalue weighted by Gasteiger charge is 2.47. The molecule has 0 aromatic carbocycles. The van der Waals surface area contributed by atoms with Gasteiger partial charge in [0.15, 0.2) is 5.84 Å². The number of nitrogens with two attached hydrogens (primary N) is 1. The van der Waals surface area contributed by atoms with Gasteiger partial charge in [-0.2, -0.15) is 0 Å². The summed E-state index contributed by atoms with van der Waals surface area (Å²) in [7, 11) is 0. The summed E-state index contributed by atoms with van der Waals surface area (Å²) in [5.74, 6) is 0.0422. The lowest BCUT2D eigenvalue weighted by molar-refractivity contribution is -0.145. The molecule has 0 atom stereocenters. The van der Waals surface area contributed by atoms with E-state index in [0.717, 1.165) is 12.8 Å². The molecule has 1 amide bonds. The summed E-state index contributed by atoms with van der Waals surface area (Å²) in [6.45, 7) is 3.63. The second-order valence-corrected chi connectivity index (χ2v) is 6.06. The highest BCUT2D eigenvalue weighted by molar-refractivity contribution is 6.07. The first-order chi connectivity index (χ1) is 10.2. The number of nitrogens with zero attached hydrogens (tertiary/aromatic N) is 2. The van der Waals surface area contributed by atoms with E-state index in [1.807, 2.05) is 11.8 Å². The molecule has 6 heteroatoms. The molecular weight excluding hydrogens is 270 g/mol. The third-order valence-corrected chi connectivity index (χ3v) is 4.97. The molecule has 0 bridgehead atoms. The zero-order chi connectivity index (χ0) is 15.3. The third kappa shape index (κ3) is 3.15. The van der Waals surface area contributed by atoms with E-state index >= 15 is 0 Å². The van der Waals surface area contributed by atoms with Crippen LogP contribution in [0.2, 0.25) is 0 Å². The minimum absolute atomic E-state index is 0.00972. The first-order valence-electron chi connectivity index (χ1n) is 8.02. The summed E-state index contributed by atoms with van der Waals surface area (Å²) in [6, 6.07) is 0.294. The summed E-state index contributed by atoms with van der Waals surface area (Å²) < 4.78 is 5.37. The second-order valence-electron chi connectivity index (χ2n) is 6.06. The van der Waals surface area contributed by atoms with Crippen molar-refractivity contribution in [3.05, 3.63) is 0 Å². The first-order valence-corrected chi connectivity index (χ1v) is 8.02. The lowest BCUT2D eigenvalue weighted by Gasteiger charge is -2.42. The van der Waals surface area contributed by atoms with Crippen LogP contribution in [0.1, 0.15) is 51.9 Å². The average Bonchev–Trinajstić information content (AvgIpc) is 2.56. The zero-order valence-corrected chi connectivity index (χ0v) is 12.9. The Morgan fingerprint density at radius 2 is 1.95 bits per heavy atom. The van der Waals surface area contributed by atoms with Crippen molar-refractivity contribution in [1.29, 1.82) is 0 Å². The fraction of sp³-hybridized carbons (Fsp3) is 0.867. The summed E-state index contributed by atoms with van der Waals surface area (Å²) in [4.78, 5) is 15.1. The van der Waals surface area contributed by atoms with E-state index in [2.05, 4.69) is 5.16 Å². The van der Waals surface area contributed by atoms with E-state index in [0.29, 0.717) is 38.6 Å². The van der Waals surface area contributed by atoms with Gasteiger partial charge in [-0.1, -0.05) is 24.4 Å². The summed E-state index contributed by atoms with van der Waals surface area (Å²) in [5.41, 5.74) is 5.01. The Kier molecular flexibility index (Phi) is 5.45. The van der Waals surface area contributed by atoms with Gasteiger partial charge in [-0.3, -0.25) is 4.79 Å². The maximum absolute atomic E-state index is 13.1. The highest BCUT2D eigenvalue weighted by Crippen LogP contribution is 2.35. The molecule has 21 heavy (non-hydrogen) atoms. The van der Waals surface area contributed by atoms with Crippen molar-refractivity contribution in [2.75, 3.05) is 19.8 Å². The molecule has 3 N–H and O–H groups in total. The number of oxime groups is 1. The molecule has 2 aliphatic rings. The SMILES string of the molecule is CCN(C(=O)C1(C(N)=NO)CCOCC1)C1CCCCC1. The van der Waals surface area contributed by atoms with Crippen molar-refractivity contribution in [3.63, 3.8) is 0 Å². The predicted molar refractivity (Wildman–Crippen MR) is 80.2 cm³/mol. The summed E-state index contributed by atoms with van der Waals surface area (Å²) >= 11 is 0. The number of carbonyl (C=O) groups excluding carboxylic acids is 1. The van der Waals surface area contributed by atoms with E-state index in [1.165, 1.54) is 19.3 Å². The first kappa shape index (κ1) is 16.1. The molecule has 120 valence electrons. The molecule has 0 aromatic heterocycles. The van der Waals surface area contributed by atoms with Crippen LogP contribution in [0.25, 0.3) is 0 Å². The largest absolute Gasteiger partial charge is 0.409 e. The van der Waals surface area contributed by atoms with Gasteiger partial charge in [-0.15, -0.1) is 0 Å². The number of ether oxygens (including phenoxy) is 1. The molecule has 2 fully saturated rings. The maximum atomic E-state index is 13.1. The van der Waals surface area contributed by atoms with Gasteiger partial charge in [0.1, 0.15) is 5.41 Å². The molecule has 1 aliphatic heterocycles. The Labute approximate surface area is 126 Å². The van der Waals surface area contributed by atoms with E-state index in [9.17, 15) is 4.79 Å². The molecule has 2 rings (SSSR count). The minimum Gasteiger partial charge on any atom is -0.409 e. The van der Waals surface area contributed by atoms with Gasteiger partial charge in [0.25, 0.3) is 0 Å². The molecule has 1 saturated carbocycles. The van der Waals surface area contributed by atoms with E-state index < -0.39 is 5.41 Å². The summed E-state index contributed by atoms with van der Waals surface area (Å²) in [5, 5.41) is 12.3. The number of hydrogen-bond acceptors (Lipinski definition) is 4. The van der Waals surface area contributed by atoms with Crippen LogP contribution in [-0.2, 0) is 9.53 Å². The standard InChI is InChI=1S/C15H27N3O3/c1-2-18(12-6-4-3-5-7-12)14(19)15(13(16)17-20)8-10-21-11-9-15/h12,20H,2-11H2,1H3,(H2,16,17). The molecule has 1 heterocycles. The van der Waals surface area contributed by atoms with Crippen molar-refractivity contribution in [1.82, 2.24) is 4.90 Å². The maximum Gasteiger partial charge on any atom is 0.236 e. The zero-order valence-electron chi connectivity index (χ0n) is 12.9. The predicted octanol–water partition coefficient (Wildman–Crippen LogP) is 1.71. The van der Waals surface area contributed by atoms with Crippen LogP contribution >= 0.6 is 0 Å². The number of carbonyl (C=O) groups is 1. The number of rotatable bonds is 4. The monoisotopic (exact) mass is 297 g/mol. The van der Waals surface area contributed by atoms with E-state index in [4.69, 9.17) is 15.7 Å². The fourth-order valence-electron chi connectivity index (χ4n) is 3.63. The van der Waals surface area contributed by atoms with Gasteiger partial charge < -0.3 is 20.6 Å². The lowest BCUT2D eigenvalue weighted by atomic mass is 9.77. The molecule has 1 saturated heterocycles. The Hall–Kier alpha value is -1.30. The lowest BCUT2D eigenvalue weighted by Crippen LogP contribution is -2.56. The molecule has 6 nitrogen and oxygen atoms in total. The number of amidine groups is 1. The van der Waals surface area contributed by atoms with Crippen molar-refractivity contribution < 1.29 is 14.7 Å². The van der Waals surface area contributed by atoms with Gasteiger partial charge in [0.2, 0.25) is 5.91 Å². The van der Waals surface area contributed by atoms with Crippen LogP contribution in [0.5, 0.6) is 0 Å². The molecule has 0 radical (unpaired) electrons. The topological polar surface area (TPSA) is 88.2 Å². The number of amides is 1. The normalized spacial score (nSPS) is 23.8. The van der Waals surface area contributed by atoms with Gasteiger partial charge in [-0.05, 0) is 32.6 Å². The average molecular weight is 297 g/mol. The van der Waals surface area contributed by atoms with Crippen LogP contribution in [0.15, 0.2) is 5.16 Å². The molecule has 0 spiro atoms. The quantitative estimate of drug-likeness (QED) is 0.358. The van der Waals surface area contributed by atoms with Crippen LogP contribution in [-0.4, -0.2) is 47.7 Å². The van der Waals surface area contributed by atoms with Gasteiger partial charge in [0.05, 0.1) is 0 Å². The Morgan fingerprint density at radius 1 is 1.33 bits per heavy atom. The molecule has 0 unspecified atom stereocenters.